The standard InChI is InChI=1S/C16H22N2O4/c1-12(19)18(11-16(20)17-13-3-4-13)9-10-22-15-7-5-14(21-2)6-8-15/h5-8,13H,3-4,9-11H2,1-2H3,(H,17,20). The van der Waals surface area contributed by atoms with E-state index in [-0.39, 0.29) is 18.4 Å². The highest BCUT2D eigenvalue weighted by molar-refractivity contribution is 5.84. The van der Waals surface area contributed by atoms with Crippen molar-refractivity contribution in [3.63, 3.8) is 0 Å². The lowest BCUT2D eigenvalue weighted by atomic mass is 10.3. The van der Waals surface area contributed by atoms with Crippen molar-refractivity contribution in [2.75, 3.05) is 26.8 Å². The summed E-state index contributed by atoms with van der Waals surface area (Å²) in [5.41, 5.74) is 0. The van der Waals surface area contributed by atoms with Gasteiger partial charge < -0.3 is 19.7 Å². The van der Waals surface area contributed by atoms with Crippen molar-refractivity contribution in [1.82, 2.24) is 10.2 Å². The Morgan fingerprint density at radius 3 is 2.41 bits per heavy atom. The zero-order chi connectivity index (χ0) is 15.9. The lowest BCUT2D eigenvalue weighted by molar-refractivity contribution is -0.134. The summed E-state index contributed by atoms with van der Waals surface area (Å²) in [4.78, 5) is 24.8. The highest BCUT2D eigenvalue weighted by Gasteiger charge is 2.24. The van der Waals surface area contributed by atoms with Gasteiger partial charge in [0.25, 0.3) is 0 Å². The second kappa shape index (κ2) is 7.68. The first-order valence-electron chi connectivity index (χ1n) is 7.40. The number of ether oxygens (including phenoxy) is 2. The van der Waals surface area contributed by atoms with E-state index in [2.05, 4.69) is 5.32 Å². The van der Waals surface area contributed by atoms with Crippen LogP contribution in [0.4, 0.5) is 0 Å². The van der Waals surface area contributed by atoms with E-state index in [4.69, 9.17) is 9.47 Å². The molecule has 1 aromatic carbocycles. The summed E-state index contributed by atoms with van der Waals surface area (Å²) in [5, 5.41) is 2.87. The first-order valence-corrected chi connectivity index (χ1v) is 7.40. The van der Waals surface area contributed by atoms with Gasteiger partial charge >= 0.3 is 0 Å². The number of hydrogen-bond acceptors (Lipinski definition) is 4. The molecule has 1 fully saturated rings. The van der Waals surface area contributed by atoms with Crippen LogP contribution < -0.4 is 14.8 Å². The van der Waals surface area contributed by atoms with Gasteiger partial charge in [-0.2, -0.15) is 0 Å². The summed E-state index contributed by atoms with van der Waals surface area (Å²) in [6.45, 7) is 2.25. The molecule has 1 aromatic rings. The number of nitrogens with zero attached hydrogens (tertiary/aromatic N) is 1. The molecule has 1 aliphatic carbocycles. The fourth-order valence-corrected chi connectivity index (χ4v) is 1.97. The Bertz CT molecular complexity index is 511. The Morgan fingerprint density at radius 1 is 1.23 bits per heavy atom. The van der Waals surface area contributed by atoms with E-state index in [1.54, 1.807) is 31.4 Å². The summed E-state index contributed by atoms with van der Waals surface area (Å²) in [7, 11) is 1.60. The minimum absolute atomic E-state index is 0.0812. The van der Waals surface area contributed by atoms with E-state index in [0.717, 1.165) is 18.6 Å². The van der Waals surface area contributed by atoms with Gasteiger partial charge in [0.1, 0.15) is 18.1 Å². The Hall–Kier alpha value is -2.24. The number of benzene rings is 1. The zero-order valence-corrected chi connectivity index (χ0v) is 13.0. The third-order valence-corrected chi connectivity index (χ3v) is 3.41. The van der Waals surface area contributed by atoms with E-state index in [9.17, 15) is 9.59 Å². The summed E-state index contributed by atoms with van der Waals surface area (Å²) in [5.74, 6) is 1.22. The zero-order valence-electron chi connectivity index (χ0n) is 13.0. The highest BCUT2D eigenvalue weighted by atomic mass is 16.5. The molecule has 0 unspecified atom stereocenters. The topological polar surface area (TPSA) is 67.9 Å². The number of carbonyl (C=O) groups is 2. The second-order valence-electron chi connectivity index (χ2n) is 5.31. The quantitative estimate of drug-likeness (QED) is 0.783. The van der Waals surface area contributed by atoms with Crippen LogP contribution in [0.3, 0.4) is 0 Å². The van der Waals surface area contributed by atoms with Gasteiger partial charge in [-0.1, -0.05) is 0 Å². The Morgan fingerprint density at radius 2 is 1.86 bits per heavy atom. The van der Waals surface area contributed by atoms with E-state index < -0.39 is 0 Å². The minimum atomic E-state index is -0.135. The van der Waals surface area contributed by atoms with Gasteiger partial charge in [-0.25, -0.2) is 0 Å². The van der Waals surface area contributed by atoms with Gasteiger partial charge in [0, 0.05) is 13.0 Å². The van der Waals surface area contributed by atoms with Crippen LogP contribution in [-0.2, 0) is 9.59 Å². The monoisotopic (exact) mass is 306 g/mol. The van der Waals surface area contributed by atoms with Crippen molar-refractivity contribution in [3.8, 4) is 11.5 Å². The van der Waals surface area contributed by atoms with Crippen LogP contribution in [-0.4, -0.2) is 49.6 Å². The Labute approximate surface area is 130 Å². The summed E-state index contributed by atoms with van der Waals surface area (Å²) in [6, 6.07) is 7.52. The highest BCUT2D eigenvalue weighted by Crippen LogP contribution is 2.18. The second-order valence-corrected chi connectivity index (χ2v) is 5.31. The fraction of sp³-hybridized carbons (Fsp3) is 0.500. The first kappa shape index (κ1) is 16.1. The number of hydrogen-bond donors (Lipinski definition) is 1. The van der Waals surface area contributed by atoms with Crippen LogP contribution in [0.2, 0.25) is 0 Å². The molecule has 0 aromatic heterocycles. The largest absolute Gasteiger partial charge is 0.497 e. The van der Waals surface area contributed by atoms with Crippen LogP contribution in [0, 0.1) is 0 Å². The predicted molar refractivity (Wildman–Crippen MR) is 81.9 cm³/mol. The Balaban J connectivity index is 1.75. The molecule has 0 heterocycles. The van der Waals surface area contributed by atoms with E-state index in [1.165, 1.54) is 11.8 Å². The van der Waals surface area contributed by atoms with Gasteiger partial charge in [0.05, 0.1) is 20.2 Å². The molecule has 6 nitrogen and oxygen atoms in total. The van der Waals surface area contributed by atoms with Gasteiger partial charge in [-0.3, -0.25) is 9.59 Å². The first-order chi connectivity index (χ1) is 10.6. The molecular weight excluding hydrogens is 284 g/mol. The van der Waals surface area contributed by atoms with Gasteiger partial charge in [-0.15, -0.1) is 0 Å². The number of carbonyl (C=O) groups excluding carboxylic acids is 2. The van der Waals surface area contributed by atoms with Crippen molar-refractivity contribution in [2.45, 2.75) is 25.8 Å². The molecule has 6 heteroatoms. The van der Waals surface area contributed by atoms with Gasteiger partial charge in [-0.05, 0) is 37.1 Å². The smallest absolute Gasteiger partial charge is 0.239 e. The maximum atomic E-state index is 11.8. The predicted octanol–water partition coefficient (Wildman–Crippen LogP) is 1.20. The van der Waals surface area contributed by atoms with Gasteiger partial charge in [0.2, 0.25) is 11.8 Å². The van der Waals surface area contributed by atoms with E-state index >= 15 is 0 Å². The summed E-state index contributed by atoms with van der Waals surface area (Å²) < 4.78 is 10.7. The summed E-state index contributed by atoms with van der Waals surface area (Å²) >= 11 is 0. The maximum absolute atomic E-state index is 11.8. The van der Waals surface area contributed by atoms with Crippen LogP contribution in [0.25, 0.3) is 0 Å². The number of amides is 2. The molecule has 0 atom stereocenters. The summed E-state index contributed by atoms with van der Waals surface area (Å²) in [6.07, 6.45) is 2.07. The fourth-order valence-electron chi connectivity index (χ4n) is 1.97. The third-order valence-electron chi connectivity index (χ3n) is 3.41. The van der Waals surface area contributed by atoms with Crippen molar-refractivity contribution < 1.29 is 19.1 Å². The lowest BCUT2D eigenvalue weighted by Crippen LogP contribution is -2.42. The van der Waals surface area contributed by atoms with Crippen LogP contribution in [0.1, 0.15) is 19.8 Å². The number of methoxy groups -OCH3 is 1. The Kier molecular flexibility index (Phi) is 5.63. The van der Waals surface area contributed by atoms with E-state index in [1.807, 2.05) is 0 Å². The molecule has 0 radical (unpaired) electrons. The normalized spacial score (nSPS) is 13.4. The van der Waals surface area contributed by atoms with Crippen molar-refractivity contribution >= 4 is 11.8 Å². The molecule has 22 heavy (non-hydrogen) atoms. The minimum Gasteiger partial charge on any atom is -0.497 e. The number of rotatable bonds is 8. The van der Waals surface area contributed by atoms with Crippen molar-refractivity contribution in [3.05, 3.63) is 24.3 Å². The average Bonchev–Trinajstić information content (AvgIpc) is 3.30. The van der Waals surface area contributed by atoms with Gasteiger partial charge in [0.15, 0.2) is 0 Å². The van der Waals surface area contributed by atoms with Crippen LogP contribution in [0.5, 0.6) is 11.5 Å². The third kappa shape index (κ3) is 5.27. The molecule has 1 N–H and O–H groups in total. The molecule has 0 bridgehead atoms. The molecule has 120 valence electrons. The average molecular weight is 306 g/mol. The molecule has 0 spiro atoms. The SMILES string of the molecule is COc1ccc(OCCN(CC(=O)NC2CC2)C(C)=O)cc1. The molecule has 0 saturated heterocycles. The van der Waals surface area contributed by atoms with Crippen molar-refractivity contribution in [2.24, 2.45) is 0 Å². The van der Waals surface area contributed by atoms with Crippen molar-refractivity contribution in [1.29, 1.82) is 0 Å². The molecule has 0 aliphatic heterocycles. The molecule has 2 rings (SSSR count). The maximum Gasteiger partial charge on any atom is 0.239 e. The van der Waals surface area contributed by atoms with Crippen LogP contribution in [0.15, 0.2) is 24.3 Å². The lowest BCUT2D eigenvalue weighted by Gasteiger charge is -2.20. The molecule has 1 aliphatic rings. The van der Waals surface area contributed by atoms with E-state index in [0.29, 0.717) is 24.9 Å². The molecular formula is C16H22N2O4. The van der Waals surface area contributed by atoms with Crippen LogP contribution >= 0.6 is 0 Å². The molecule has 1 saturated carbocycles. The molecule has 2 amide bonds. The number of nitrogens with one attached hydrogen (secondary N) is 1.